The molecule has 3 aromatic rings. The third-order valence-electron chi connectivity index (χ3n) is 5.03. The zero-order chi connectivity index (χ0) is 17.6. The summed E-state index contributed by atoms with van der Waals surface area (Å²) in [6.45, 7) is 4.65. The summed E-state index contributed by atoms with van der Waals surface area (Å²) in [5.41, 5.74) is 2.92. The Morgan fingerprint density at radius 3 is 2.84 bits per heavy atom. The van der Waals surface area contributed by atoms with Crippen LogP contribution in [0.3, 0.4) is 0 Å². The Kier molecular flexibility index (Phi) is 3.93. The summed E-state index contributed by atoms with van der Waals surface area (Å²) in [5.74, 6) is 1.43. The van der Waals surface area contributed by atoms with E-state index >= 15 is 0 Å². The number of fused-ring (bicyclic) bond motifs is 3. The second-order valence-corrected chi connectivity index (χ2v) is 7.97. The summed E-state index contributed by atoms with van der Waals surface area (Å²) in [4.78, 5) is 20.1. The van der Waals surface area contributed by atoms with Crippen LogP contribution >= 0.6 is 11.3 Å². The van der Waals surface area contributed by atoms with Crippen molar-refractivity contribution in [2.45, 2.75) is 39.7 Å². The van der Waals surface area contributed by atoms with Crippen LogP contribution in [0.1, 0.15) is 40.7 Å². The highest BCUT2D eigenvalue weighted by Gasteiger charge is 2.23. The number of aryl methyl sites for hydroxylation is 2. The first-order valence-electron chi connectivity index (χ1n) is 8.57. The number of benzene rings is 1. The van der Waals surface area contributed by atoms with Crippen molar-refractivity contribution in [2.75, 3.05) is 0 Å². The molecule has 5 heteroatoms. The molecular formula is C20H19N3OS. The van der Waals surface area contributed by atoms with E-state index in [2.05, 4.69) is 13.0 Å². The molecule has 4 nitrogen and oxygen atoms in total. The standard InChI is InChI=1S/C20H19N3OS/c1-12-3-8-16-17(9-12)25-19-18(16)20(24)23(13(2)22-19)11-15-6-4-14(10-21)5-7-15/h4-7,12H,3,8-9,11H2,1-2H3. The second-order valence-electron chi connectivity index (χ2n) is 6.89. The molecule has 0 saturated carbocycles. The molecule has 1 atom stereocenters. The predicted octanol–water partition coefficient (Wildman–Crippen LogP) is 3.81. The van der Waals surface area contributed by atoms with Crippen molar-refractivity contribution in [1.82, 2.24) is 9.55 Å². The molecule has 0 radical (unpaired) electrons. The predicted molar refractivity (Wildman–Crippen MR) is 100 cm³/mol. The third-order valence-corrected chi connectivity index (χ3v) is 6.18. The van der Waals surface area contributed by atoms with Crippen molar-refractivity contribution < 1.29 is 0 Å². The van der Waals surface area contributed by atoms with Crippen LogP contribution in [0.4, 0.5) is 0 Å². The summed E-state index contributed by atoms with van der Waals surface area (Å²) in [7, 11) is 0. The molecule has 0 saturated heterocycles. The van der Waals surface area contributed by atoms with Gasteiger partial charge in [0.2, 0.25) is 0 Å². The first-order valence-corrected chi connectivity index (χ1v) is 9.39. The average Bonchev–Trinajstić information content (AvgIpc) is 2.96. The summed E-state index contributed by atoms with van der Waals surface area (Å²) in [6.07, 6.45) is 3.18. The molecule has 2 aromatic heterocycles. The number of aromatic nitrogens is 2. The molecule has 0 bridgehead atoms. The van der Waals surface area contributed by atoms with Crippen molar-refractivity contribution >= 4 is 21.6 Å². The lowest BCUT2D eigenvalue weighted by Gasteiger charge is -2.17. The lowest BCUT2D eigenvalue weighted by Crippen LogP contribution is -2.25. The van der Waals surface area contributed by atoms with Crippen molar-refractivity contribution in [3.63, 3.8) is 0 Å². The Bertz CT molecular complexity index is 1050. The van der Waals surface area contributed by atoms with E-state index in [1.165, 1.54) is 10.4 Å². The minimum Gasteiger partial charge on any atom is -0.292 e. The summed E-state index contributed by atoms with van der Waals surface area (Å²) in [6, 6.07) is 9.50. The Hall–Kier alpha value is -2.45. The lowest BCUT2D eigenvalue weighted by atomic mass is 9.89. The van der Waals surface area contributed by atoms with E-state index in [1.807, 2.05) is 19.1 Å². The fourth-order valence-corrected chi connectivity index (χ4v) is 5.00. The molecule has 25 heavy (non-hydrogen) atoms. The minimum absolute atomic E-state index is 0.0684. The maximum Gasteiger partial charge on any atom is 0.262 e. The maximum atomic E-state index is 13.2. The molecule has 4 rings (SSSR count). The summed E-state index contributed by atoms with van der Waals surface area (Å²) < 4.78 is 1.76. The van der Waals surface area contributed by atoms with E-state index < -0.39 is 0 Å². The molecule has 1 aliphatic rings. The zero-order valence-electron chi connectivity index (χ0n) is 14.4. The maximum absolute atomic E-state index is 13.2. The van der Waals surface area contributed by atoms with Gasteiger partial charge >= 0.3 is 0 Å². The zero-order valence-corrected chi connectivity index (χ0v) is 15.2. The normalized spacial score (nSPS) is 16.6. The summed E-state index contributed by atoms with van der Waals surface area (Å²) in [5, 5.41) is 9.74. The molecule has 0 amide bonds. The van der Waals surface area contributed by atoms with Gasteiger partial charge in [-0.15, -0.1) is 11.3 Å². The molecule has 0 fully saturated rings. The van der Waals surface area contributed by atoms with Crippen molar-refractivity contribution in [1.29, 1.82) is 5.26 Å². The third kappa shape index (κ3) is 2.77. The van der Waals surface area contributed by atoms with Crippen molar-refractivity contribution in [3.05, 3.63) is 62.0 Å². The van der Waals surface area contributed by atoms with Crippen LogP contribution in [-0.4, -0.2) is 9.55 Å². The van der Waals surface area contributed by atoms with E-state index in [4.69, 9.17) is 10.2 Å². The molecule has 2 heterocycles. The Morgan fingerprint density at radius 1 is 1.36 bits per heavy atom. The minimum atomic E-state index is 0.0684. The average molecular weight is 349 g/mol. The van der Waals surface area contributed by atoms with E-state index in [-0.39, 0.29) is 5.56 Å². The molecule has 0 spiro atoms. The van der Waals surface area contributed by atoms with Gasteiger partial charge in [0.05, 0.1) is 23.6 Å². The van der Waals surface area contributed by atoms with Crippen LogP contribution in [0.15, 0.2) is 29.1 Å². The SMILES string of the molecule is Cc1nc2sc3c(c2c(=O)n1Cc1ccc(C#N)cc1)CCC(C)C3. The molecule has 1 aliphatic carbocycles. The fraction of sp³-hybridized carbons (Fsp3) is 0.350. The highest BCUT2D eigenvalue weighted by molar-refractivity contribution is 7.18. The lowest BCUT2D eigenvalue weighted by molar-refractivity contribution is 0.509. The molecule has 1 aromatic carbocycles. The van der Waals surface area contributed by atoms with Gasteiger partial charge in [-0.05, 0) is 55.4 Å². The van der Waals surface area contributed by atoms with E-state index in [1.54, 1.807) is 28.0 Å². The van der Waals surface area contributed by atoms with Crippen LogP contribution in [0.5, 0.6) is 0 Å². The largest absolute Gasteiger partial charge is 0.292 e. The fourth-order valence-electron chi connectivity index (χ4n) is 3.58. The van der Waals surface area contributed by atoms with Gasteiger partial charge in [0.15, 0.2) is 0 Å². The topological polar surface area (TPSA) is 58.7 Å². The van der Waals surface area contributed by atoms with Crippen LogP contribution in [0.25, 0.3) is 10.2 Å². The van der Waals surface area contributed by atoms with Gasteiger partial charge in [-0.3, -0.25) is 9.36 Å². The van der Waals surface area contributed by atoms with E-state index in [9.17, 15) is 4.79 Å². The van der Waals surface area contributed by atoms with Crippen molar-refractivity contribution in [3.8, 4) is 6.07 Å². The molecule has 0 aliphatic heterocycles. The first kappa shape index (κ1) is 16.0. The number of nitrogens with zero attached hydrogens (tertiary/aromatic N) is 3. The molecular weight excluding hydrogens is 330 g/mol. The van der Waals surface area contributed by atoms with Crippen LogP contribution in [0.2, 0.25) is 0 Å². The Labute approximate surface area is 150 Å². The van der Waals surface area contributed by atoms with Gasteiger partial charge in [0, 0.05) is 4.88 Å². The van der Waals surface area contributed by atoms with E-state index in [0.29, 0.717) is 18.0 Å². The van der Waals surface area contributed by atoms with Gasteiger partial charge in [0.1, 0.15) is 10.7 Å². The van der Waals surface area contributed by atoms with Crippen LogP contribution in [-0.2, 0) is 19.4 Å². The smallest absolute Gasteiger partial charge is 0.262 e. The van der Waals surface area contributed by atoms with Gasteiger partial charge in [-0.1, -0.05) is 19.1 Å². The highest BCUT2D eigenvalue weighted by Crippen LogP contribution is 2.35. The van der Waals surface area contributed by atoms with Gasteiger partial charge < -0.3 is 0 Å². The van der Waals surface area contributed by atoms with Gasteiger partial charge in [0.25, 0.3) is 5.56 Å². The molecule has 1 unspecified atom stereocenters. The highest BCUT2D eigenvalue weighted by atomic mass is 32.1. The monoisotopic (exact) mass is 349 g/mol. The first-order chi connectivity index (χ1) is 12.1. The number of hydrogen-bond acceptors (Lipinski definition) is 4. The van der Waals surface area contributed by atoms with Crippen LogP contribution in [0, 0.1) is 24.2 Å². The van der Waals surface area contributed by atoms with Gasteiger partial charge in [-0.25, -0.2) is 4.98 Å². The van der Waals surface area contributed by atoms with Crippen molar-refractivity contribution in [2.24, 2.45) is 5.92 Å². The Morgan fingerprint density at radius 2 is 2.12 bits per heavy atom. The van der Waals surface area contributed by atoms with Crippen LogP contribution < -0.4 is 5.56 Å². The number of rotatable bonds is 2. The summed E-state index contributed by atoms with van der Waals surface area (Å²) >= 11 is 1.69. The van der Waals surface area contributed by atoms with Gasteiger partial charge in [-0.2, -0.15) is 5.26 Å². The number of hydrogen-bond donors (Lipinski definition) is 0. The number of nitriles is 1. The quantitative estimate of drug-likeness (QED) is 0.707. The molecule has 126 valence electrons. The number of thiophene rings is 1. The molecule has 0 N–H and O–H groups in total. The van der Waals surface area contributed by atoms with E-state index in [0.717, 1.165) is 40.9 Å². The second kappa shape index (κ2) is 6.12. The Balaban J connectivity index is 1.81.